The second-order valence-corrected chi connectivity index (χ2v) is 6.14. The second-order valence-electron chi connectivity index (χ2n) is 6.14. The van der Waals surface area contributed by atoms with Crippen LogP contribution in [0, 0.1) is 0 Å². The number of nitrogens with zero attached hydrogens (tertiary/aromatic N) is 1. The van der Waals surface area contributed by atoms with Crippen molar-refractivity contribution in [1.82, 2.24) is 5.32 Å². The van der Waals surface area contributed by atoms with E-state index >= 15 is 0 Å². The van der Waals surface area contributed by atoms with Crippen LogP contribution < -0.4 is 10.2 Å². The summed E-state index contributed by atoms with van der Waals surface area (Å²) in [5.74, 6) is -0.905. The third-order valence-corrected chi connectivity index (χ3v) is 4.12. The predicted molar refractivity (Wildman–Crippen MR) is 97.1 cm³/mol. The Balaban J connectivity index is 2.08. The molecule has 0 radical (unpaired) electrons. The highest BCUT2D eigenvalue weighted by atomic mass is 19.4. The van der Waals surface area contributed by atoms with Gasteiger partial charge in [-0.3, -0.25) is 9.59 Å². The van der Waals surface area contributed by atoms with Crippen LogP contribution in [-0.4, -0.2) is 18.4 Å². The molecule has 0 heterocycles. The molecule has 2 aromatic rings. The zero-order chi connectivity index (χ0) is 20.0. The van der Waals surface area contributed by atoms with E-state index in [1.54, 1.807) is 0 Å². The van der Waals surface area contributed by atoms with E-state index in [-0.39, 0.29) is 30.6 Å². The van der Waals surface area contributed by atoms with Crippen LogP contribution in [0.2, 0.25) is 0 Å². The molecule has 0 aliphatic carbocycles. The number of halogens is 3. The molecule has 0 aromatic heterocycles. The molecule has 0 saturated carbocycles. The normalized spacial score (nSPS) is 12.3. The molecule has 1 N–H and O–H groups in total. The molecule has 0 bridgehead atoms. The molecule has 0 aliphatic rings. The lowest BCUT2D eigenvalue weighted by Crippen LogP contribution is -2.35. The highest BCUT2D eigenvalue weighted by molar-refractivity contribution is 5.93. The van der Waals surface area contributed by atoms with E-state index in [4.69, 9.17) is 0 Å². The van der Waals surface area contributed by atoms with Crippen molar-refractivity contribution in [1.29, 1.82) is 0 Å². The van der Waals surface area contributed by atoms with E-state index in [0.717, 1.165) is 16.5 Å². The molecule has 0 aliphatic heterocycles. The van der Waals surface area contributed by atoms with Crippen molar-refractivity contribution in [3.05, 3.63) is 65.7 Å². The largest absolute Gasteiger partial charge is 0.418 e. The van der Waals surface area contributed by atoms with Crippen LogP contribution in [0.4, 0.5) is 18.9 Å². The van der Waals surface area contributed by atoms with Gasteiger partial charge in [0.25, 0.3) is 0 Å². The summed E-state index contributed by atoms with van der Waals surface area (Å²) in [5, 5.41) is 2.79. The first-order chi connectivity index (χ1) is 12.7. The summed E-state index contributed by atoms with van der Waals surface area (Å²) in [6.45, 7) is 2.85. The molecule has 0 saturated heterocycles. The average Bonchev–Trinajstić information content (AvgIpc) is 2.62. The number of nitrogens with one attached hydrogen (secondary N) is 1. The smallest absolute Gasteiger partial charge is 0.350 e. The summed E-state index contributed by atoms with van der Waals surface area (Å²) >= 11 is 0. The lowest BCUT2D eigenvalue weighted by Gasteiger charge is -2.25. The van der Waals surface area contributed by atoms with Crippen LogP contribution in [-0.2, 0) is 15.8 Å². The molecule has 4 nitrogen and oxygen atoms in total. The lowest BCUT2D eigenvalue weighted by atomic mass is 10.1. The van der Waals surface area contributed by atoms with Gasteiger partial charge in [0.1, 0.15) is 0 Å². The summed E-state index contributed by atoms with van der Waals surface area (Å²) in [6, 6.07) is 13.9. The highest BCUT2D eigenvalue weighted by Crippen LogP contribution is 2.36. The number of carbonyl (C=O) groups excluding carboxylic acids is 2. The number of carbonyl (C=O) groups is 2. The minimum absolute atomic E-state index is 0.108. The Kier molecular flexibility index (Phi) is 6.60. The van der Waals surface area contributed by atoms with Crippen LogP contribution >= 0.6 is 0 Å². The Morgan fingerprint density at radius 1 is 1.04 bits per heavy atom. The van der Waals surface area contributed by atoms with Gasteiger partial charge < -0.3 is 10.2 Å². The van der Waals surface area contributed by atoms with Gasteiger partial charge in [-0.1, -0.05) is 42.5 Å². The molecule has 2 amide bonds. The Morgan fingerprint density at radius 3 is 2.22 bits per heavy atom. The van der Waals surface area contributed by atoms with Gasteiger partial charge in [0, 0.05) is 19.9 Å². The zero-order valence-corrected chi connectivity index (χ0v) is 15.1. The first-order valence-electron chi connectivity index (χ1n) is 8.48. The van der Waals surface area contributed by atoms with Crippen LogP contribution in [0.1, 0.15) is 37.4 Å². The quantitative estimate of drug-likeness (QED) is 0.814. The molecule has 0 spiro atoms. The number of hydrogen-bond acceptors (Lipinski definition) is 2. The molecular weight excluding hydrogens is 357 g/mol. The van der Waals surface area contributed by atoms with E-state index < -0.39 is 17.6 Å². The van der Waals surface area contributed by atoms with Gasteiger partial charge in [-0.15, -0.1) is 0 Å². The maximum absolute atomic E-state index is 13.2. The second kappa shape index (κ2) is 8.70. The summed E-state index contributed by atoms with van der Waals surface area (Å²) in [7, 11) is 0. The van der Waals surface area contributed by atoms with Crippen molar-refractivity contribution < 1.29 is 22.8 Å². The van der Waals surface area contributed by atoms with Crippen molar-refractivity contribution >= 4 is 17.5 Å². The number of amides is 2. The monoisotopic (exact) mass is 378 g/mol. The van der Waals surface area contributed by atoms with Gasteiger partial charge >= 0.3 is 6.18 Å². The minimum Gasteiger partial charge on any atom is -0.350 e. The van der Waals surface area contributed by atoms with Crippen molar-refractivity contribution in [2.24, 2.45) is 0 Å². The fourth-order valence-corrected chi connectivity index (χ4v) is 2.75. The lowest BCUT2D eigenvalue weighted by molar-refractivity contribution is -0.137. The first kappa shape index (κ1) is 20.5. The Hall–Kier alpha value is -2.83. The fourth-order valence-electron chi connectivity index (χ4n) is 2.75. The Morgan fingerprint density at radius 2 is 1.63 bits per heavy atom. The van der Waals surface area contributed by atoms with Crippen LogP contribution in [0.5, 0.6) is 0 Å². The molecule has 2 aromatic carbocycles. The van der Waals surface area contributed by atoms with E-state index in [9.17, 15) is 22.8 Å². The third kappa shape index (κ3) is 5.57. The Labute approximate surface area is 156 Å². The molecule has 27 heavy (non-hydrogen) atoms. The summed E-state index contributed by atoms with van der Waals surface area (Å²) < 4.78 is 39.6. The predicted octanol–water partition coefficient (Wildman–Crippen LogP) is 4.33. The van der Waals surface area contributed by atoms with Crippen molar-refractivity contribution in [2.45, 2.75) is 32.5 Å². The summed E-state index contributed by atoms with van der Waals surface area (Å²) in [6.07, 6.45) is -4.70. The third-order valence-electron chi connectivity index (χ3n) is 4.12. The number of para-hydroxylation sites is 1. The summed E-state index contributed by atoms with van der Waals surface area (Å²) in [5.41, 5.74) is -0.239. The number of hydrogen-bond donors (Lipinski definition) is 1. The van der Waals surface area contributed by atoms with Gasteiger partial charge in [0.15, 0.2) is 0 Å². The molecule has 2 rings (SSSR count). The van der Waals surface area contributed by atoms with Gasteiger partial charge in [0.2, 0.25) is 11.8 Å². The van der Waals surface area contributed by atoms with E-state index in [2.05, 4.69) is 5.32 Å². The minimum atomic E-state index is -4.59. The molecule has 7 heteroatoms. The number of benzene rings is 2. The molecule has 0 fully saturated rings. The molecule has 144 valence electrons. The maximum Gasteiger partial charge on any atom is 0.418 e. The van der Waals surface area contributed by atoms with Gasteiger partial charge in [-0.25, -0.2) is 0 Å². The first-order valence-corrected chi connectivity index (χ1v) is 8.48. The maximum atomic E-state index is 13.2. The van der Waals surface area contributed by atoms with Crippen molar-refractivity contribution in [2.75, 3.05) is 11.4 Å². The SMILES string of the molecule is CC(=O)N(CCC(=O)NC(C)c1ccccc1)c1ccccc1C(F)(F)F. The molecular formula is C20H21F3N2O2. The fraction of sp³-hybridized carbons (Fsp3) is 0.300. The number of rotatable bonds is 6. The Bertz CT molecular complexity index is 791. The van der Waals surface area contributed by atoms with Crippen molar-refractivity contribution in [3.8, 4) is 0 Å². The average molecular weight is 378 g/mol. The zero-order valence-electron chi connectivity index (χ0n) is 15.1. The molecule has 1 atom stereocenters. The van der Waals surface area contributed by atoms with Gasteiger partial charge in [-0.2, -0.15) is 13.2 Å². The van der Waals surface area contributed by atoms with Gasteiger partial charge in [-0.05, 0) is 24.6 Å². The summed E-state index contributed by atoms with van der Waals surface area (Å²) in [4.78, 5) is 25.1. The van der Waals surface area contributed by atoms with Gasteiger partial charge in [0.05, 0.1) is 17.3 Å². The van der Waals surface area contributed by atoms with Crippen LogP contribution in [0.15, 0.2) is 54.6 Å². The number of anilines is 1. The van der Waals surface area contributed by atoms with Crippen molar-refractivity contribution in [3.63, 3.8) is 0 Å². The van der Waals surface area contributed by atoms with E-state index in [0.29, 0.717) is 0 Å². The van der Waals surface area contributed by atoms with E-state index in [1.807, 2.05) is 37.3 Å². The number of alkyl halides is 3. The topological polar surface area (TPSA) is 49.4 Å². The van der Waals surface area contributed by atoms with E-state index in [1.165, 1.54) is 25.1 Å². The van der Waals surface area contributed by atoms with Crippen LogP contribution in [0.3, 0.4) is 0 Å². The highest BCUT2D eigenvalue weighted by Gasteiger charge is 2.35. The standard InChI is InChI=1S/C20H21F3N2O2/c1-14(16-8-4-3-5-9-16)24-19(27)12-13-25(15(2)26)18-11-7-6-10-17(18)20(21,22)23/h3-11,14H,12-13H2,1-2H3,(H,24,27). The van der Waals surface area contributed by atoms with Crippen LogP contribution in [0.25, 0.3) is 0 Å². The molecule has 1 unspecified atom stereocenters.